The van der Waals surface area contributed by atoms with Crippen molar-refractivity contribution in [1.29, 1.82) is 0 Å². The highest BCUT2D eigenvalue weighted by Crippen LogP contribution is 2.28. The molecule has 8 heteroatoms. The first kappa shape index (κ1) is 24.6. The number of nitrogens with zero attached hydrogens (tertiary/aromatic N) is 5. The molecule has 0 radical (unpaired) electrons. The maximum atomic E-state index is 13.2. The Labute approximate surface area is 215 Å². The summed E-state index contributed by atoms with van der Waals surface area (Å²) in [5.74, 6) is 1.55. The number of hydrogen-bond acceptors (Lipinski definition) is 6. The summed E-state index contributed by atoms with van der Waals surface area (Å²) in [6.07, 6.45) is 3.44. The summed E-state index contributed by atoms with van der Waals surface area (Å²) in [6, 6.07) is 20.3. The predicted octanol–water partition coefficient (Wildman–Crippen LogP) is 5.32. The van der Waals surface area contributed by atoms with Crippen molar-refractivity contribution >= 4 is 10.9 Å². The Bertz CT molecular complexity index is 1520. The first-order valence-electron chi connectivity index (χ1n) is 12.7. The van der Waals surface area contributed by atoms with E-state index < -0.39 is 0 Å². The summed E-state index contributed by atoms with van der Waals surface area (Å²) in [4.78, 5) is 18.6. The lowest BCUT2D eigenvalue weighted by Crippen LogP contribution is -2.32. The minimum atomic E-state index is -0.0936. The first-order chi connectivity index (χ1) is 18.0. The van der Waals surface area contributed by atoms with Crippen LogP contribution in [0.1, 0.15) is 59.6 Å². The van der Waals surface area contributed by atoms with Crippen LogP contribution in [0.15, 0.2) is 76.1 Å². The van der Waals surface area contributed by atoms with E-state index in [0.29, 0.717) is 19.6 Å². The van der Waals surface area contributed by atoms with Crippen LogP contribution in [0.2, 0.25) is 0 Å². The predicted molar refractivity (Wildman–Crippen MR) is 143 cm³/mol. The molecule has 0 saturated heterocycles. The number of nitrogens with one attached hydrogen (secondary N) is 1. The van der Waals surface area contributed by atoms with E-state index in [4.69, 9.17) is 4.42 Å². The number of tetrazole rings is 1. The lowest BCUT2D eigenvalue weighted by Gasteiger charge is -2.31. The highest BCUT2D eigenvalue weighted by molar-refractivity contribution is 5.81. The number of furan rings is 1. The quantitative estimate of drug-likeness (QED) is 0.281. The van der Waals surface area contributed by atoms with E-state index in [1.807, 2.05) is 43.3 Å². The summed E-state index contributed by atoms with van der Waals surface area (Å²) in [6.45, 7) is 7.82. The van der Waals surface area contributed by atoms with E-state index >= 15 is 0 Å². The third-order valence-corrected chi connectivity index (χ3v) is 6.79. The van der Waals surface area contributed by atoms with E-state index in [1.54, 1.807) is 10.9 Å². The van der Waals surface area contributed by atoms with Crippen molar-refractivity contribution in [1.82, 2.24) is 30.1 Å². The fourth-order valence-corrected chi connectivity index (χ4v) is 4.83. The van der Waals surface area contributed by atoms with Crippen LogP contribution in [0.3, 0.4) is 0 Å². The zero-order chi connectivity index (χ0) is 25.8. The Morgan fingerprint density at radius 3 is 2.65 bits per heavy atom. The van der Waals surface area contributed by atoms with Gasteiger partial charge in [0, 0.05) is 18.7 Å². The van der Waals surface area contributed by atoms with E-state index in [2.05, 4.69) is 63.5 Å². The van der Waals surface area contributed by atoms with E-state index in [-0.39, 0.29) is 11.6 Å². The zero-order valence-corrected chi connectivity index (χ0v) is 21.5. The minimum absolute atomic E-state index is 0.0684. The Kier molecular flexibility index (Phi) is 7.28. The average molecular weight is 497 g/mol. The summed E-state index contributed by atoms with van der Waals surface area (Å²) in [5, 5.41) is 13.8. The number of hydrogen-bond donors (Lipinski definition) is 1. The lowest BCUT2D eigenvalue weighted by atomic mass is 10.0. The number of aromatic amines is 1. The summed E-state index contributed by atoms with van der Waals surface area (Å²) in [5.41, 5.74) is 4.97. The molecule has 190 valence electrons. The highest BCUT2D eigenvalue weighted by Gasteiger charge is 2.27. The van der Waals surface area contributed by atoms with Crippen LogP contribution < -0.4 is 5.56 Å². The molecule has 0 saturated carbocycles. The third-order valence-electron chi connectivity index (χ3n) is 6.79. The molecule has 37 heavy (non-hydrogen) atoms. The van der Waals surface area contributed by atoms with Crippen LogP contribution in [0.5, 0.6) is 0 Å². The van der Waals surface area contributed by atoms with Gasteiger partial charge in [0.05, 0.1) is 17.8 Å². The Morgan fingerprint density at radius 2 is 1.89 bits per heavy atom. The van der Waals surface area contributed by atoms with E-state index in [9.17, 15) is 4.79 Å². The largest absolute Gasteiger partial charge is 0.467 e. The first-order valence-corrected chi connectivity index (χ1v) is 12.7. The molecule has 3 heterocycles. The molecule has 1 N–H and O–H groups in total. The van der Waals surface area contributed by atoms with Gasteiger partial charge in [-0.3, -0.25) is 9.69 Å². The maximum Gasteiger partial charge on any atom is 0.252 e. The van der Waals surface area contributed by atoms with Gasteiger partial charge in [-0.25, -0.2) is 4.68 Å². The van der Waals surface area contributed by atoms with Gasteiger partial charge in [0.1, 0.15) is 12.3 Å². The molecule has 0 fully saturated rings. The lowest BCUT2D eigenvalue weighted by molar-refractivity contribution is 0.155. The van der Waals surface area contributed by atoms with E-state index in [0.717, 1.165) is 46.5 Å². The van der Waals surface area contributed by atoms with Crippen molar-refractivity contribution in [3.05, 3.63) is 111 Å². The van der Waals surface area contributed by atoms with Gasteiger partial charge in [0.2, 0.25) is 0 Å². The van der Waals surface area contributed by atoms with Crippen LogP contribution >= 0.6 is 0 Å². The van der Waals surface area contributed by atoms with Gasteiger partial charge < -0.3 is 9.40 Å². The minimum Gasteiger partial charge on any atom is -0.467 e. The molecule has 0 aliphatic heterocycles. The Hall–Kier alpha value is -4.04. The molecule has 5 rings (SSSR count). The second-order valence-electron chi connectivity index (χ2n) is 9.63. The number of rotatable bonds is 10. The molecule has 0 amide bonds. The number of H-pyrrole nitrogens is 1. The topological polar surface area (TPSA) is 92.8 Å². The van der Waals surface area contributed by atoms with Crippen molar-refractivity contribution in [2.75, 3.05) is 0 Å². The summed E-state index contributed by atoms with van der Waals surface area (Å²) < 4.78 is 7.36. The fourth-order valence-electron chi connectivity index (χ4n) is 4.83. The Morgan fingerprint density at radius 1 is 1.05 bits per heavy atom. The fraction of sp³-hybridized carbons (Fsp3) is 0.310. The van der Waals surface area contributed by atoms with Gasteiger partial charge in [-0.2, -0.15) is 0 Å². The average Bonchev–Trinajstić information content (AvgIpc) is 3.57. The number of fused-ring (bicyclic) bond motifs is 1. The number of pyridine rings is 1. The number of para-hydroxylation sites is 1. The smallest absolute Gasteiger partial charge is 0.252 e. The van der Waals surface area contributed by atoms with Crippen molar-refractivity contribution in [3.8, 4) is 0 Å². The maximum absolute atomic E-state index is 13.2. The molecule has 8 nitrogen and oxygen atoms in total. The second-order valence-corrected chi connectivity index (χ2v) is 9.63. The number of benzene rings is 2. The molecule has 2 aromatic carbocycles. The molecule has 0 bridgehead atoms. The van der Waals surface area contributed by atoms with Crippen molar-refractivity contribution < 1.29 is 4.42 Å². The molecule has 1 atom stereocenters. The summed E-state index contributed by atoms with van der Waals surface area (Å²) in [7, 11) is 0. The third kappa shape index (κ3) is 5.54. The van der Waals surface area contributed by atoms with Gasteiger partial charge in [0.15, 0.2) is 5.82 Å². The normalized spacial score (nSPS) is 12.4. The van der Waals surface area contributed by atoms with Gasteiger partial charge in [-0.05, 0) is 65.4 Å². The van der Waals surface area contributed by atoms with Crippen LogP contribution in [-0.2, 0) is 19.6 Å². The SMILES string of the molecule is CCC[C@@H](c1nnnn1Cc1ccco1)N(Cc1ccc(C)cc1)Cc1cc2cccc(C)c2[nH]c1=O. The molecule has 0 aliphatic carbocycles. The van der Waals surface area contributed by atoms with Crippen LogP contribution in [0.4, 0.5) is 0 Å². The molecular weight excluding hydrogens is 464 g/mol. The molecule has 0 aliphatic rings. The van der Waals surface area contributed by atoms with Gasteiger partial charge in [-0.15, -0.1) is 5.10 Å². The monoisotopic (exact) mass is 496 g/mol. The van der Waals surface area contributed by atoms with E-state index in [1.165, 1.54) is 11.1 Å². The van der Waals surface area contributed by atoms with Gasteiger partial charge >= 0.3 is 0 Å². The molecule has 0 spiro atoms. The van der Waals surface area contributed by atoms with Crippen molar-refractivity contribution in [2.24, 2.45) is 0 Å². The van der Waals surface area contributed by atoms with Crippen LogP contribution in [-0.4, -0.2) is 30.1 Å². The number of aryl methyl sites for hydroxylation is 2. The van der Waals surface area contributed by atoms with Crippen LogP contribution in [0.25, 0.3) is 10.9 Å². The zero-order valence-electron chi connectivity index (χ0n) is 21.5. The number of aromatic nitrogens is 5. The molecule has 5 aromatic rings. The summed E-state index contributed by atoms with van der Waals surface area (Å²) >= 11 is 0. The molecular formula is C29H32N6O2. The van der Waals surface area contributed by atoms with Crippen molar-refractivity contribution in [2.45, 2.75) is 59.3 Å². The standard InChI is InChI=1S/C29H32N6O2/c1-4-7-26(28-31-32-33-35(28)19-25-10-6-15-37-25)34(17-22-13-11-20(2)12-14-22)18-24-16-23-9-5-8-21(3)27(23)30-29(24)36/h5-6,8-16,26H,4,7,17-19H2,1-3H3,(H,30,36)/t26-/m0/s1. The molecule has 0 unspecified atom stereocenters. The van der Waals surface area contributed by atoms with Gasteiger partial charge in [0.25, 0.3) is 5.56 Å². The van der Waals surface area contributed by atoms with Crippen molar-refractivity contribution in [3.63, 3.8) is 0 Å². The molecule has 3 aromatic heterocycles. The van der Waals surface area contributed by atoms with Gasteiger partial charge in [-0.1, -0.05) is 61.4 Å². The Balaban J connectivity index is 1.54. The second kappa shape index (κ2) is 10.9. The van der Waals surface area contributed by atoms with Crippen LogP contribution in [0, 0.1) is 13.8 Å². The highest BCUT2D eigenvalue weighted by atomic mass is 16.3.